The molecule has 224 valence electrons. The van der Waals surface area contributed by atoms with Gasteiger partial charge in [0.1, 0.15) is 18.2 Å². The Hall–Kier alpha value is -5.15. The van der Waals surface area contributed by atoms with Crippen LogP contribution in [0.15, 0.2) is 82.8 Å². The van der Waals surface area contributed by atoms with Crippen LogP contribution in [0.5, 0.6) is 28.9 Å². The maximum atomic E-state index is 15.8. The zero-order valence-corrected chi connectivity index (χ0v) is 24.3. The minimum absolute atomic E-state index is 0.00861. The van der Waals surface area contributed by atoms with E-state index in [1.54, 1.807) is 18.2 Å². The normalized spacial score (nSPS) is 12.4. The molecule has 0 saturated carbocycles. The van der Waals surface area contributed by atoms with Crippen molar-refractivity contribution in [3.63, 3.8) is 0 Å². The van der Waals surface area contributed by atoms with Crippen molar-refractivity contribution in [1.29, 1.82) is 5.26 Å². The Bertz CT molecular complexity index is 1750. The van der Waals surface area contributed by atoms with E-state index >= 15 is 8.78 Å². The van der Waals surface area contributed by atoms with Crippen molar-refractivity contribution in [1.82, 2.24) is 9.88 Å². The average Bonchev–Trinajstić information content (AvgIpc) is 3.46. The van der Waals surface area contributed by atoms with Crippen LogP contribution in [-0.2, 0) is 11.4 Å². The number of carboxylic acid groups (broad SMARTS) is 1. The lowest BCUT2D eigenvalue weighted by Gasteiger charge is -2.19. The van der Waals surface area contributed by atoms with Gasteiger partial charge in [-0.3, -0.25) is 9.79 Å². The Morgan fingerprint density at radius 1 is 1.07 bits per heavy atom. The SMILES string of the molecule is CN1CCN=C1c1cc(SCCC(=O)O)ccc1Oc1c(F)cnc(Oc2cc(C#N)ccc2OCc2ccccc2)c1F. The number of amidine groups is 1. The molecule has 0 saturated heterocycles. The maximum Gasteiger partial charge on any atom is 0.304 e. The first-order valence-corrected chi connectivity index (χ1v) is 14.5. The van der Waals surface area contributed by atoms with Gasteiger partial charge >= 0.3 is 5.97 Å². The minimum atomic E-state index is -1.20. The number of pyridine rings is 1. The third-order valence-corrected chi connectivity index (χ3v) is 7.46. The fourth-order valence-electron chi connectivity index (χ4n) is 4.27. The zero-order chi connectivity index (χ0) is 31.1. The molecule has 44 heavy (non-hydrogen) atoms. The predicted molar refractivity (Wildman–Crippen MR) is 160 cm³/mol. The Kier molecular flexibility index (Phi) is 9.56. The molecule has 0 aliphatic carbocycles. The molecular weight excluding hydrogens is 590 g/mol. The van der Waals surface area contributed by atoms with Crippen LogP contribution < -0.4 is 14.2 Å². The van der Waals surface area contributed by atoms with E-state index in [9.17, 15) is 10.1 Å². The Labute approximate surface area is 256 Å². The number of nitriles is 1. The molecule has 0 spiro atoms. The van der Waals surface area contributed by atoms with Crippen LogP contribution in [0.2, 0.25) is 0 Å². The van der Waals surface area contributed by atoms with Crippen molar-refractivity contribution in [3.05, 3.63) is 101 Å². The molecule has 1 N–H and O–H groups in total. The van der Waals surface area contributed by atoms with Crippen LogP contribution >= 0.6 is 11.8 Å². The van der Waals surface area contributed by atoms with Gasteiger partial charge in [-0.25, -0.2) is 9.37 Å². The van der Waals surface area contributed by atoms with Gasteiger partial charge in [-0.1, -0.05) is 30.3 Å². The van der Waals surface area contributed by atoms with E-state index in [2.05, 4.69) is 9.98 Å². The second kappa shape index (κ2) is 13.9. The van der Waals surface area contributed by atoms with Crippen molar-refractivity contribution in [2.45, 2.75) is 17.9 Å². The molecule has 0 bridgehead atoms. The summed E-state index contributed by atoms with van der Waals surface area (Å²) in [6.07, 6.45) is 0.757. The molecule has 0 atom stereocenters. The number of carbonyl (C=O) groups is 1. The monoisotopic (exact) mass is 616 g/mol. The number of ether oxygens (including phenoxy) is 3. The summed E-state index contributed by atoms with van der Waals surface area (Å²) in [6.45, 7) is 1.37. The molecule has 0 radical (unpaired) electrons. The fourth-order valence-corrected chi connectivity index (χ4v) is 5.14. The quantitative estimate of drug-likeness (QED) is 0.175. The molecule has 2 heterocycles. The first-order valence-electron chi connectivity index (χ1n) is 13.5. The average molecular weight is 617 g/mol. The summed E-state index contributed by atoms with van der Waals surface area (Å²) in [5.74, 6) is -3.22. The van der Waals surface area contributed by atoms with Gasteiger partial charge in [-0.2, -0.15) is 9.65 Å². The number of benzene rings is 3. The molecule has 1 aromatic heterocycles. The molecule has 4 aromatic rings. The molecular formula is C32H26F2N4O5S. The second-order valence-electron chi connectivity index (χ2n) is 9.58. The van der Waals surface area contributed by atoms with Gasteiger partial charge in [-0.05, 0) is 35.9 Å². The van der Waals surface area contributed by atoms with E-state index in [1.807, 2.05) is 48.3 Å². The van der Waals surface area contributed by atoms with Gasteiger partial charge in [0.2, 0.25) is 11.6 Å². The van der Waals surface area contributed by atoms with Crippen molar-refractivity contribution >= 4 is 23.6 Å². The molecule has 1 aliphatic heterocycles. The predicted octanol–water partition coefficient (Wildman–Crippen LogP) is 6.65. The lowest BCUT2D eigenvalue weighted by atomic mass is 10.1. The fraction of sp³-hybridized carbons (Fsp3) is 0.188. The lowest BCUT2D eigenvalue weighted by molar-refractivity contribution is -0.136. The summed E-state index contributed by atoms with van der Waals surface area (Å²) in [6, 6.07) is 20.8. The molecule has 0 amide bonds. The number of hydrogen-bond acceptors (Lipinski definition) is 9. The van der Waals surface area contributed by atoms with Crippen molar-refractivity contribution in [2.75, 3.05) is 25.9 Å². The topological polar surface area (TPSA) is 117 Å². The largest absolute Gasteiger partial charge is 0.485 e. The summed E-state index contributed by atoms with van der Waals surface area (Å²) < 4.78 is 48.3. The highest BCUT2D eigenvalue weighted by molar-refractivity contribution is 7.99. The van der Waals surface area contributed by atoms with E-state index in [4.69, 9.17) is 19.3 Å². The van der Waals surface area contributed by atoms with Crippen LogP contribution in [0.1, 0.15) is 23.1 Å². The van der Waals surface area contributed by atoms with E-state index < -0.39 is 29.2 Å². The number of rotatable bonds is 12. The van der Waals surface area contributed by atoms with Gasteiger partial charge < -0.3 is 24.2 Å². The summed E-state index contributed by atoms with van der Waals surface area (Å²) in [4.78, 5) is 21.9. The van der Waals surface area contributed by atoms with Gasteiger partial charge in [0, 0.05) is 30.3 Å². The molecule has 12 heteroatoms. The van der Waals surface area contributed by atoms with E-state index in [0.29, 0.717) is 30.2 Å². The van der Waals surface area contributed by atoms with Crippen molar-refractivity contribution in [3.8, 4) is 34.9 Å². The number of hydrogen-bond donors (Lipinski definition) is 1. The molecule has 0 fully saturated rings. The highest BCUT2D eigenvalue weighted by Crippen LogP contribution is 2.39. The summed E-state index contributed by atoms with van der Waals surface area (Å²) in [7, 11) is 1.84. The van der Waals surface area contributed by atoms with E-state index in [-0.39, 0.29) is 35.8 Å². The molecule has 3 aromatic carbocycles. The van der Waals surface area contributed by atoms with Gasteiger partial charge in [-0.15, -0.1) is 11.8 Å². The number of thioether (sulfide) groups is 1. The Morgan fingerprint density at radius 3 is 2.59 bits per heavy atom. The molecule has 5 rings (SSSR count). The summed E-state index contributed by atoms with van der Waals surface area (Å²) >= 11 is 1.33. The highest BCUT2D eigenvalue weighted by Gasteiger charge is 2.25. The number of halogens is 2. The third-order valence-electron chi connectivity index (χ3n) is 6.46. The number of carboxylic acids is 1. The molecule has 0 unspecified atom stereocenters. The van der Waals surface area contributed by atoms with Crippen molar-refractivity contribution in [2.24, 2.45) is 4.99 Å². The number of nitrogens with zero attached hydrogens (tertiary/aromatic N) is 4. The van der Waals surface area contributed by atoms with Crippen LogP contribution in [0.3, 0.4) is 0 Å². The van der Waals surface area contributed by atoms with Gasteiger partial charge in [0.15, 0.2) is 17.3 Å². The summed E-state index contributed by atoms with van der Waals surface area (Å²) in [5.41, 5.74) is 1.60. The highest BCUT2D eigenvalue weighted by atomic mass is 32.2. The van der Waals surface area contributed by atoms with E-state index in [1.165, 1.54) is 30.0 Å². The first kappa shape index (κ1) is 30.3. The standard InChI is InChI=1S/C32H26F2N4O5S/c1-38-13-12-36-31(38)23-16-22(44-14-11-28(39)40)8-10-25(23)42-30-24(33)18-37-32(29(30)34)43-27-15-21(17-35)7-9-26(27)41-19-20-5-3-2-4-6-20/h2-10,15-16,18H,11-14,19H2,1H3,(H,39,40). The molecule has 9 nitrogen and oxygen atoms in total. The van der Waals surface area contributed by atoms with Gasteiger partial charge in [0.05, 0.1) is 36.4 Å². The maximum absolute atomic E-state index is 15.8. The smallest absolute Gasteiger partial charge is 0.304 e. The summed E-state index contributed by atoms with van der Waals surface area (Å²) in [5, 5.41) is 18.4. The zero-order valence-electron chi connectivity index (χ0n) is 23.5. The van der Waals surface area contributed by atoms with Crippen LogP contribution in [0, 0.1) is 23.0 Å². The second-order valence-corrected chi connectivity index (χ2v) is 10.8. The number of aromatic nitrogens is 1. The minimum Gasteiger partial charge on any atom is -0.485 e. The first-order chi connectivity index (χ1) is 21.3. The Balaban J connectivity index is 1.44. The third kappa shape index (κ3) is 7.25. The van der Waals surface area contributed by atoms with Crippen molar-refractivity contribution < 1.29 is 32.9 Å². The van der Waals surface area contributed by atoms with Crippen LogP contribution in [-0.4, -0.2) is 52.7 Å². The van der Waals surface area contributed by atoms with Gasteiger partial charge in [0.25, 0.3) is 5.88 Å². The Morgan fingerprint density at radius 2 is 1.86 bits per heavy atom. The molecule has 1 aliphatic rings. The van der Waals surface area contributed by atoms with E-state index in [0.717, 1.165) is 16.7 Å². The number of likely N-dealkylation sites (N-methyl/N-ethyl adjacent to an activating group) is 1. The number of aliphatic carboxylic acids is 1. The van der Waals surface area contributed by atoms with Crippen LogP contribution in [0.25, 0.3) is 0 Å². The lowest BCUT2D eigenvalue weighted by Crippen LogP contribution is -2.24. The number of aliphatic imine (C=N–C) groups is 1. The van der Waals surface area contributed by atoms with Crippen LogP contribution in [0.4, 0.5) is 8.78 Å².